The first-order valence-corrected chi connectivity index (χ1v) is 5.89. The summed E-state index contributed by atoms with van der Waals surface area (Å²) >= 11 is 0. The van der Waals surface area contributed by atoms with Gasteiger partial charge in [-0.3, -0.25) is 0 Å². The van der Waals surface area contributed by atoms with Crippen molar-refractivity contribution >= 4 is 5.69 Å². The molecule has 0 aromatic heterocycles. The molecule has 3 N–H and O–H groups in total. The third-order valence-electron chi connectivity index (χ3n) is 2.97. The second-order valence-electron chi connectivity index (χ2n) is 5.01. The third-order valence-corrected chi connectivity index (χ3v) is 2.97. The van der Waals surface area contributed by atoms with E-state index in [1.54, 1.807) is 0 Å². The lowest BCUT2D eigenvalue weighted by atomic mass is 9.87. The predicted octanol–water partition coefficient (Wildman–Crippen LogP) is 1.65. The van der Waals surface area contributed by atoms with Crippen molar-refractivity contribution in [2.45, 2.75) is 31.5 Å². The molecule has 1 aromatic rings. The van der Waals surface area contributed by atoms with Gasteiger partial charge in [-0.2, -0.15) is 0 Å². The largest absolute Gasteiger partial charge is 0.382 e. The van der Waals surface area contributed by atoms with Gasteiger partial charge in [0.15, 0.2) is 0 Å². The van der Waals surface area contributed by atoms with E-state index in [2.05, 4.69) is 48.6 Å². The molecule has 1 aromatic carbocycles. The van der Waals surface area contributed by atoms with Crippen LogP contribution < -0.4 is 11.1 Å². The SMILES string of the molecule is CN(C)Cc1cccc(NC2CC(N)C2)c1. The van der Waals surface area contributed by atoms with Crippen LogP contribution >= 0.6 is 0 Å². The van der Waals surface area contributed by atoms with E-state index in [0.717, 1.165) is 19.4 Å². The molecular formula is C13H21N3. The maximum atomic E-state index is 5.77. The Kier molecular flexibility index (Phi) is 3.46. The van der Waals surface area contributed by atoms with Gasteiger partial charge < -0.3 is 16.0 Å². The molecule has 1 aliphatic rings. The Morgan fingerprint density at radius 3 is 2.75 bits per heavy atom. The highest BCUT2D eigenvalue weighted by molar-refractivity contribution is 5.47. The van der Waals surface area contributed by atoms with Crippen LogP contribution in [0.5, 0.6) is 0 Å². The average molecular weight is 219 g/mol. The van der Waals surface area contributed by atoms with E-state index in [4.69, 9.17) is 5.73 Å². The summed E-state index contributed by atoms with van der Waals surface area (Å²) in [7, 11) is 4.18. The Labute approximate surface area is 97.6 Å². The summed E-state index contributed by atoms with van der Waals surface area (Å²) in [5.41, 5.74) is 8.34. The quantitative estimate of drug-likeness (QED) is 0.809. The van der Waals surface area contributed by atoms with Crippen LogP contribution in [0, 0.1) is 0 Å². The lowest BCUT2D eigenvalue weighted by Crippen LogP contribution is -2.44. The van der Waals surface area contributed by atoms with Crippen molar-refractivity contribution in [3.8, 4) is 0 Å². The molecule has 1 saturated carbocycles. The van der Waals surface area contributed by atoms with Crippen LogP contribution in [0.1, 0.15) is 18.4 Å². The van der Waals surface area contributed by atoms with Crippen molar-refractivity contribution in [3.05, 3.63) is 29.8 Å². The van der Waals surface area contributed by atoms with Crippen LogP contribution in [0.15, 0.2) is 24.3 Å². The number of hydrogen-bond acceptors (Lipinski definition) is 3. The van der Waals surface area contributed by atoms with Crippen LogP contribution in [-0.2, 0) is 6.54 Å². The lowest BCUT2D eigenvalue weighted by molar-refractivity contribution is 0.373. The minimum atomic E-state index is 0.405. The molecule has 88 valence electrons. The first-order valence-electron chi connectivity index (χ1n) is 5.89. The number of rotatable bonds is 4. The molecule has 3 heteroatoms. The van der Waals surface area contributed by atoms with Crippen LogP contribution in [0.25, 0.3) is 0 Å². The van der Waals surface area contributed by atoms with Gasteiger partial charge in [-0.05, 0) is 44.6 Å². The van der Waals surface area contributed by atoms with Crippen molar-refractivity contribution in [3.63, 3.8) is 0 Å². The summed E-state index contributed by atoms with van der Waals surface area (Å²) in [5, 5.41) is 3.52. The number of benzene rings is 1. The topological polar surface area (TPSA) is 41.3 Å². The summed E-state index contributed by atoms with van der Waals surface area (Å²) in [5.74, 6) is 0. The van der Waals surface area contributed by atoms with Gasteiger partial charge in [0, 0.05) is 24.3 Å². The molecule has 0 bridgehead atoms. The molecule has 0 radical (unpaired) electrons. The molecule has 16 heavy (non-hydrogen) atoms. The van der Waals surface area contributed by atoms with E-state index in [-0.39, 0.29) is 0 Å². The highest BCUT2D eigenvalue weighted by atomic mass is 15.0. The zero-order valence-corrected chi connectivity index (χ0v) is 10.1. The molecule has 0 saturated heterocycles. The lowest BCUT2D eigenvalue weighted by Gasteiger charge is -2.33. The molecule has 0 amide bonds. The van der Waals surface area contributed by atoms with E-state index in [1.165, 1.54) is 11.3 Å². The van der Waals surface area contributed by atoms with Crippen molar-refractivity contribution in [1.82, 2.24) is 4.90 Å². The zero-order valence-electron chi connectivity index (χ0n) is 10.1. The zero-order chi connectivity index (χ0) is 11.5. The van der Waals surface area contributed by atoms with Gasteiger partial charge in [-0.25, -0.2) is 0 Å². The fraction of sp³-hybridized carbons (Fsp3) is 0.538. The summed E-state index contributed by atoms with van der Waals surface area (Å²) in [4.78, 5) is 2.18. The summed E-state index contributed by atoms with van der Waals surface area (Å²) < 4.78 is 0. The minimum absolute atomic E-state index is 0.405. The molecule has 0 aliphatic heterocycles. The molecule has 2 rings (SSSR count). The number of nitrogens with zero attached hydrogens (tertiary/aromatic N) is 1. The fourth-order valence-electron chi connectivity index (χ4n) is 2.14. The fourth-order valence-corrected chi connectivity index (χ4v) is 2.14. The van der Waals surface area contributed by atoms with Crippen LogP contribution in [0.3, 0.4) is 0 Å². The number of nitrogens with one attached hydrogen (secondary N) is 1. The van der Waals surface area contributed by atoms with Crippen LogP contribution in [0.4, 0.5) is 5.69 Å². The highest BCUT2D eigenvalue weighted by Crippen LogP contribution is 2.23. The van der Waals surface area contributed by atoms with E-state index in [0.29, 0.717) is 12.1 Å². The molecule has 0 heterocycles. The third kappa shape index (κ3) is 2.97. The van der Waals surface area contributed by atoms with E-state index >= 15 is 0 Å². The first kappa shape index (κ1) is 11.4. The Hall–Kier alpha value is -1.06. The minimum Gasteiger partial charge on any atom is -0.382 e. The molecule has 1 aliphatic carbocycles. The van der Waals surface area contributed by atoms with Gasteiger partial charge in [0.2, 0.25) is 0 Å². The summed E-state index contributed by atoms with van der Waals surface area (Å²) in [6.45, 7) is 0.986. The van der Waals surface area contributed by atoms with Gasteiger partial charge in [-0.15, -0.1) is 0 Å². The summed E-state index contributed by atoms with van der Waals surface area (Å²) in [6.07, 6.45) is 2.19. The van der Waals surface area contributed by atoms with Crippen molar-refractivity contribution in [2.24, 2.45) is 5.73 Å². The van der Waals surface area contributed by atoms with E-state index in [9.17, 15) is 0 Å². The molecule has 0 atom stereocenters. The molecular weight excluding hydrogens is 198 g/mol. The summed E-state index contributed by atoms with van der Waals surface area (Å²) in [6, 6.07) is 9.61. The predicted molar refractivity (Wildman–Crippen MR) is 68.5 cm³/mol. The number of hydrogen-bond donors (Lipinski definition) is 2. The van der Waals surface area contributed by atoms with Crippen LogP contribution in [-0.4, -0.2) is 31.1 Å². The monoisotopic (exact) mass is 219 g/mol. The maximum Gasteiger partial charge on any atom is 0.0345 e. The molecule has 0 spiro atoms. The van der Waals surface area contributed by atoms with Gasteiger partial charge in [-0.1, -0.05) is 12.1 Å². The Morgan fingerprint density at radius 1 is 1.38 bits per heavy atom. The first-order chi connectivity index (χ1) is 7.63. The van der Waals surface area contributed by atoms with Crippen LogP contribution in [0.2, 0.25) is 0 Å². The Bertz CT molecular complexity index is 343. The van der Waals surface area contributed by atoms with Gasteiger partial charge in [0.25, 0.3) is 0 Å². The van der Waals surface area contributed by atoms with Crippen molar-refractivity contribution in [2.75, 3.05) is 19.4 Å². The number of nitrogens with two attached hydrogens (primary N) is 1. The number of anilines is 1. The second kappa shape index (κ2) is 4.85. The van der Waals surface area contributed by atoms with E-state index in [1.807, 2.05) is 0 Å². The van der Waals surface area contributed by atoms with Gasteiger partial charge >= 0.3 is 0 Å². The maximum absolute atomic E-state index is 5.77. The van der Waals surface area contributed by atoms with Crippen molar-refractivity contribution in [1.29, 1.82) is 0 Å². The van der Waals surface area contributed by atoms with Gasteiger partial charge in [0.05, 0.1) is 0 Å². The van der Waals surface area contributed by atoms with Crippen molar-refractivity contribution < 1.29 is 0 Å². The Morgan fingerprint density at radius 2 is 2.12 bits per heavy atom. The van der Waals surface area contributed by atoms with Gasteiger partial charge in [0.1, 0.15) is 0 Å². The van der Waals surface area contributed by atoms with E-state index < -0.39 is 0 Å². The normalized spacial score (nSPS) is 24.2. The average Bonchev–Trinajstić information content (AvgIpc) is 2.15. The molecule has 3 nitrogen and oxygen atoms in total. The smallest absolute Gasteiger partial charge is 0.0345 e. The molecule has 1 fully saturated rings. The molecule has 0 unspecified atom stereocenters. The Balaban J connectivity index is 1.93. The standard InChI is InChI=1S/C13H21N3/c1-16(2)9-10-4-3-5-12(6-10)15-13-7-11(14)8-13/h3-6,11,13,15H,7-9,14H2,1-2H3. The highest BCUT2D eigenvalue weighted by Gasteiger charge is 2.25. The second-order valence-corrected chi connectivity index (χ2v) is 5.01.